The minimum atomic E-state index is -0.217. The number of thiazole rings is 1. The van der Waals surface area contributed by atoms with Gasteiger partial charge in [-0.05, 0) is 43.7 Å². The monoisotopic (exact) mass is 431 g/mol. The van der Waals surface area contributed by atoms with Crippen LogP contribution < -0.4 is 10.2 Å². The first-order chi connectivity index (χ1) is 13.5. The number of carbonyl (C=O) groups is 2. The third-order valence-electron chi connectivity index (χ3n) is 4.52. The summed E-state index contributed by atoms with van der Waals surface area (Å²) in [6, 6.07) is 9.07. The van der Waals surface area contributed by atoms with E-state index in [0.29, 0.717) is 35.8 Å². The van der Waals surface area contributed by atoms with Gasteiger partial charge in [0.25, 0.3) is 5.91 Å². The van der Waals surface area contributed by atoms with Crippen molar-refractivity contribution >= 4 is 51.8 Å². The second-order valence-electron chi connectivity index (χ2n) is 6.51. The van der Waals surface area contributed by atoms with Gasteiger partial charge in [0.2, 0.25) is 5.91 Å². The highest BCUT2D eigenvalue weighted by molar-refractivity contribution is 7.16. The normalized spacial score (nSPS) is 13.9. The molecule has 28 heavy (non-hydrogen) atoms. The van der Waals surface area contributed by atoms with Gasteiger partial charge in [-0.2, -0.15) is 0 Å². The van der Waals surface area contributed by atoms with E-state index in [0.717, 1.165) is 26.9 Å². The van der Waals surface area contributed by atoms with Crippen molar-refractivity contribution in [2.24, 2.45) is 0 Å². The minimum Gasteiger partial charge on any atom is -0.347 e. The number of hydrogen-bond donors (Lipinski definition) is 1. The van der Waals surface area contributed by atoms with Gasteiger partial charge in [-0.15, -0.1) is 22.7 Å². The first-order valence-corrected chi connectivity index (χ1v) is 11.0. The number of nitrogens with zero attached hydrogens (tertiary/aromatic N) is 2. The topological polar surface area (TPSA) is 62.3 Å². The summed E-state index contributed by atoms with van der Waals surface area (Å²) in [6.45, 7) is 3.02. The number of rotatable bonds is 5. The number of aryl methyl sites for hydroxylation is 1. The van der Waals surface area contributed by atoms with Gasteiger partial charge in [0.05, 0.1) is 33.4 Å². The summed E-state index contributed by atoms with van der Waals surface area (Å²) in [5.74, 6) is -0.191. The van der Waals surface area contributed by atoms with E-state index in [4.69, 9.17) is 11.6 Å². The van der Waals surface area contributed by atoms with Gasteiger partial charge < -0.3 is 10.2 Å². The molecule has 0 spiro atoms. The van der Waals surface area contributed by atoms with Gasteiger partial charge in [0.1, 0.15) is 0 Å². The Hall–Kier alpha value is -2.22. The number of carbonyl (C=O) groups excluding carboxylic acids is 2. The number of anilines is 1. The lowest BCUT2D eigenvalue weighted by Crippen LogP contribution is -2.29. The Morgan fingerprint density at radius 3 is 2.89 bits per heavy atom. The fourth-order valence-corrected chi connectivity index (χ4v) is 4.93. The highest BCUT2D eigenvalue weighted by Gasteiger charge is 2.26. The van der Waals surface area contributed by atoms with E-state index in [1.165, 1.54) is 0 Å². The molecule has 1 N–H and O–H groups in total. The molecule has 0 radical (unpaired) electrons. The van der Waals surface area contributed by atoms with Crippen LogP contribution in [0.4, 0.5) is 5.69 Å². The molecule has 0 bridgehead atoms. The predicted molar refractivity (Wildman–Crippen MR) is 114 cm³/mol. The Morgan fingerprint density at radius 2 is 2.18 bits per heavy atom. The molecule has 2 aromatic heterocycles. The lowest BCUT2D eigenvalue weighted by Gasteiger charge is -2.19. The zero-order valence-corrected chi connectivity index (χ0v) is 17.6. The van der Waals surface area contributed by atoms with E-state index < -0.39 is 0 Å². The molecule has 1 aliphatic heterocycles. The average molecular weight is 432 g/mol. The number of nitrogens with one attached hydrogen (secondary N) is 1. The molecule has 3 heterocycles. The van der Waals surface area contributed by atoms with Gasteiger partial charge in [-0.3, -0.25) is 9.59 Å². The lowest BCUT2D eigenvalue weighted by molar-refractivity contribution is -0.117. The molecule has 1 aromatic carbocycles. The van der Waals surface area contributed by atoms with Crippen molar-refractivity contribution in [2.75, 3.05) is 11.4 Å². The van der Waals surface area contributed by atoms with Crippen LogP contribution in [0.25, 0.3) is 10.6 Å². The second kappa shape index (κ2) is 8.03. The molecule has 5 nitrogen and oxygen atoms in total. The highest BCUT2D eigenvalue weighted by atomic mass is 35.5. The summed E-state index contributed by atoms with van der Waals surface area (Å²) < 4.78 is 0. The van der Waals surface area contributed by atoms with Crippen molar-refractivity contribution in [3.63, 3.8) is 0 Å². The third-order valence-corrected chi connectivity index (χ3v) is 6.64. The molecule has 0 unspecified atom stereocenters. The molecule has 4 rings (SSSR count). The largest absolute Gasteiger partial charge is 0.347 e. The first kappa shape index (κ1) is 19.1. The number of amides is 2. The van der Waals surface area contributed by atoms with Crippen LogP contribution in [-0.4, -0.2) is 23.3 Å². The zero-order valence-electron chi connectivity index (χ0n) is 15.2. The van der Waals surface area contributed by atoms with E-state index >= 15 is 0 Å². The number of halogens is 1. The van der Waals surface area contributed by atoms with Crippen LogP contribution in [-0.2, 0) is 11.3 Å². The van der Waals surface area contributed by atoms with E-state index in [2.05, 4.69) is 10.3 Å². The van der Waals surface area contributed by atoms with E-state index in [-0.39, 0.29) is 11.8 Å². The van der Waals surface area contributed by atoms with Crippen molar-refractivity contribution in [2.45, 2.75) is 26.3 Å². The van der Waals surface area contributed by atoms with Crippen molar-refractivity contribution < 1.29 is 9.59 Å². The second-order valence-corrected chi connectivity index (χ2v) is 9.18. The Labute approximate surface area is 176 Å². The smallest absolute Gasteiger partial charge is 0.253 e. The molecule has 1 aliphatic rings. The van der Waals surface area contributed by atoms with Crippen LogP contribution in [0.5, 0.6) is 0 Å². The summed E-state index contributed by atoms with van der Waals surface area (Å²) in [5, 5.41) is 6.53. The van der Waals surface area contributed by atoms with Gasteiger partial charge in [0, 0.05) is 28.2 Å². The maximum atomic E-state index is 12.8. The molecule has 8 heteroatoms. The highest BCUT2D eigenvalue weighted by Crippen LogP contribution is 2.30. The van der Waals surface area contributed by atoms with Crippen LogP contribution in [0.3, 0.4) is 0 Å². The molecule has 3 aromatic rings. The lowest BCUT2D eigenvalue weighted by atomic mass is 10.1. The molecule has 1 saturated heterocycles. The fourth-order valence-electron chi connectivity index (χ4n) is 3.17. The Morgan fingerprint density at radius 1 is 1.32 bits per heavy atom. The molecule has 144 valence electrons. The van der Waals surface area contributed by atoms with Gasteiger partial charge >= 0.3 is 0 Å². The molecule has 1 fully saturated rings. The Bertz CT molecular complexity index is 1040. The third kappa shape index (κ3) is 3.97. The molecule has 2 amide bonds. The fraction of sp³-hybridized carbons (Fsp3) is 0.250. The maximum Gasteiger partial charge on any atom is 0.253 e. The Kier molecular flexibility index (Phi) is 5.48. The number of benzene rings is 1. The quantitative estimate of drug-likeness (QED) is 0.625. The van der Waals surface area contributed by atoms with Crippen LogP contribution in [0.1, 0.15) is 33.1 Å². The van der Waals surface area contributed by atoms with Crippen LogP contribution in [0.15, 0.2) is 35.7 Å². The van der Waals surface area contributed by atoms with Gasteiger partial charge in [0.15, 0.2) is 0 Å². The number of thiophene rings is 1. The SMILES string of the molecule is Cc1nc(-c2ccc(CNC(=O)c3ccc(Cl)cc3N3CCCC3=O)s2)cs1. The molecule has 0 aliphatic carbocycles. The average Bonchev–Trinajstić information content (AvgIpc) is 3.40. The van der Waals surface area contributed by atoms with Gasteiger partial charge in [-0.25, -0.2) is 4.98 Å². The molecular formula is C20H18ClN3O2S2. The summed E-state index contributed by atoms with van der Waals surface area (Å²) in [6.07, 6.45) is 1.29. The first-order valence-electron chi connectivity index (χ1n) is 8.90. The summed E-state index contributed by atoms with van der Waals surface area (Å²) >= 11 is 9.34. The van der Waals surface area contributed by atoms with Crippen LogP contribution in [0, 0.1) is 6.92 Å². The van der Waals surface area contributed by atoms with Crippen molar-refractivity contribution in [1.29, 1.82) is 0 Å². The van der Waals surface area contributed by atoms with Crippen LogP contribution >= 0.6 is 34.3 Å². The standard InChI is InChI=1S/C20H18ClN3O2S2/c1-12-23-16(11-27-12)18-7-5-14(28-18)10-22-20(26)15-6-4-13(21)9-17(15)24-8-2-3-19(24)25/h4-7,9,11H,2-3,8,10H2,1H3,(H,22,26). The molecule has 0 atom stereocenters. The van der Waals surface area contributed by atoms with Crippen molar-refractivity contribution in [3.05, 3.63) is 56.2 Å². The van der Waals surface area contributed by atoms with E-state index in [9.17, 15) is 9.59 Å². The summed E-state index contributed by atoms with van der Waals surface area (Å²) in [5.41, 5.74) is 2.02. The minimum absolute atomic E-state index is 0.0257. The molecule has 0 saturated carbocycles. The summed E-state index contributed by atoms with van der Waals surface area (Å²) in [4.78, 5) is 33.2. The number of hydrogen-bond acceptors (Lipinski definition) is 5. The number of aromatic nitrogens is 1. The van der Waals surface area contributed by atoms with Crippen molar-refractivity contribution in [1.82, 2.24) is 10.3 Å². The van der Waals surface area contributed by atoms with E-state index in [1.54, 1.807) is 45.8 Å². The van der Waals surface area contributed by atoms with Crippen LogP contribution in [0.2, 0.25) is 5.02 Å². The van der Waals surface area contributed by atoms with Crippen molar-refractivity contribution in [3.8, 4) is 10.6 Å². The zero-order chi connectivity index (χ0) is 19.7. The van der Waals surface area contributed by atoms with E-state index in [1.807, 2.05) is 24.4 Å². The van der Waals surface area contributed by atoms with Gasteiger partial charge in [-0.1, -0.05) is 11.6 Å². The Balaban J connectivity index is 1.49. The molecular weight excluding hydrogens is 414 g/mol. The maximum absolute atomic E-state index is 12.8. The summed E-state index contributed by atoms with van der Waals surface area (Å²) in [7, 11) is 0. The predicted octanol–water partition coefficient (Wildman–Crippen LogP) is 4.89.